The van der Waals surface area contributed by atoms with Gasteiger partial charge in [0.25, 0.3) is 0 Å². The van der Waals surface area contributed by atoms with Crippen LogP contribution in [0.5, 0.6) is 5.88 Å². The average molecular weight is 487 g/mol. The molecule has 2 heterocycles. The molecule has 0 amide bonds. The molecule has 3 aromatic rings. The van der Waals surface area contributed by atoms with Crippen molar-refractivity contribution in [2.45, 2.75) is 77.9 Å². The summed E-state index contributed by atoms with van der Waals surface area (Å²) in [5.41, 5.74) is 1.56. The van der Waals surface area contributed by atoms with Gasteiger partial charge in [-0.15, -0.1) is 11.3 Å². The average Bonchev–Trinajstić information content (AvgIpc) is 3.38. The van der Waals surface area contributed by atoms with Crippen LogP contribution < -0.4 is 5.69 Å². The predicted molar refractivity (Wildman–Crippen MR) is 134 cm³/mol. The number of carbonyl (C=O) groups excluding carboxylic acids is 1. The lowest BCUT2D eigenvalue weighted by Gasteiger charge is -2.12. The first kappa shape index (κ1) is 25.8. The monoisotopic (exact) mass is 486 g/mol. The zero-order valence-corrected chi connectivity index (χ0v) is 20.9. The molecule has 1 atom stereocenters. The smallest absolute Gasteiger partial charge is 0.348 e. The highest BCUT2D eigenvalue weighted by molar-refractivity contribution is 7.13. The van der Waals surface area contributed by atoms with Gasteiger partial charge in [0.05, 0.1) is 23.6 Å². The Bertz CT molecular complexity index is 1130. The van der Waals surface area contributed by atoms with E-state index in [-0.39, 0.29) is 18.0 Å². The van der Waals surface area contributed by atoms with E-state index in [0.29, 0.717) is 41.9 Å². The Balaban J connectivity index is 1.66. The predicted octanol–water partition coefficient (Wildman–Crippen LogP) is 5.29. The fourth-order valence-corrected chi connectivity index (χ4v) is 4.82. The number of carbonyl (C=O) groups is 1. The van der Waals surface area contributed by atoms with Crippen LogP contribution in [0.25, 0.3) is 5.69 Å². The van der Waals surface area contributed by atoms with Crippen LogP contribution in [0, 0.1) is 0 Å². The zero-order chi connectivity index (χ0) is 24.7. The number of thiophene rings is 1. The summed E-state index contributed by atoms with van der Waals surface area (Å²) in [5.74, 6) is -0.455. The normalized spacial score (nSPS) is 12.3. The first-order chi connectivity index (χ1) is 16.3. The van der Waals surface area contributed by atoms with Crippen LogP contribution in [0.15, 0.2) is 41.2 Å². The van der Waals surface area contributed by atoms with Crippen molar-refractivity contribution in [3.63, 3.8) is 0 Å². The summed E-state index contributed by atoms with van der Waals surface area (Å²) in [5, 5.41) is 20.7. The van der Waals surface area contributed by atoms with Gasteiger partial charge in [-0.25, -0.2) is 9.59 Å². The van der Waals surface area contributed by atoms with Gasteiger partial charge < -0.3 is 14.9 Å². The van der Waals surface area contributed by atoms with E-state index in [4.69, 9.17) is 4.74 Å². The van der Waals surface area contributed by atoms with Gasteiger partial charge >= 0.3 is 11.7 Å². The van der Waals surface area contributed by atoms with E-state index in [1.54, 1.807) is 18.2 Å². The minimum absolute atomic E-state index is 0.138. The van der Waals surface area contributed by atoms with Gasteiger partial charge in [-0.2, -0.15) is 0 Å². The molecule has 2 aromatic heterocycles. The van der Waals surface area contributed by atoms with Crippen molar-refractivity contribution in [1.29, 1.82) is 0 Å². The molecule has 0 unspecified atom stereocenters. The molecule has 34 heavy (non-hydrogen) atoms. The van der Waals surface area contributed by atoms with E-state index < -0.39 is 11.8 Å². The van der Waals surface area contributed by atoms with E-state index in [2.05, 4.69) is 11.9 Å². The third-order valence-corrected chi connectivity index (χ3v) is 6.76. The number of benzene rings is 1. The summed E-state index contributed by atoms with van der Waals surface area (Å²) in [7, 11) is 0. The second kappa shape index (κ2) is 12.0. The first-order valence-electron chi connectivity index (χ1n) is 11.9. The molecular formula is C26H34N2O5S. The molecule has 184 valence electrons. The van der Waals surface area contributed by atoms with Gasteiger partial charge in [0, 0.05) is 4.88 Å². The van der Waals surface area contributed by atoms with Gasteiger partial charge in [-0.1, -0.05) is 38.3 Å². The SMILES string of the molecule is CCCCC[C@H](O)c1ccc(-n2c(CCCc3ccc(C(=O)OC(C)C)s3)c(O)[nH]c2=O)cc1. The van der Waals surface area contributed by atoms with E-state index >= 15 is 0 Å². The Labute approximate surface area is 204 Å². The number of imidazole rings is 1. The van der Waals surface area contributed by atoms with E-state index in [1.165, 1.54) is 15.9 Å². The first-order valence-corrected chi connectivity index (χ1v) is 12.7. The number of esters is 1. The number of aryl methyl sites for hydroxylation is 1. The number of hydrogen-bond donors (Lipinski definition) is 3. The van der Waals surface area contributed by atoms with E-state index in [9.17, 15) is 19.8 Å². The Morgan fingerprint density at radius 1 is 1.09 bits per heavy atom. The maximum atomic E-state index is 12.5. The highest BCUT2D eigenvalue weighted by atomic mass is 32.1. The molecule has 0 aliphatic carbocycles. The third kappa shape index (κ3) is 6.61. The Hall–Kier alpha value is -2.84. The summed E-state index contributed by atoms with van der Waals surface area (Å²) in [4.78, 5) is 28.6. The molecule has 0 spiro atoms. The van der Waals surface area contributed by atoms with Gasteiger partial charge in [0.15, 0.2) is 0 Å². The van der Waals surface area contributed by atoms with Crippen molar-refractivity contribution in [3.05, 3.63) is 67.9 Å². The number of aliphatic hydroxyl groups is 1. The molecule has 1 aromatic carbocycles. The van der Waals surface area contributed by atoms with Crippen LogP contribution in [0.2, 0.25) is 0 Å². The van der Waals surface area contributed by atoms with Crippen LogP contribution in [-0.2, 0) is 17.6 Å². The molecule has 3 rings (SSSR count). The van der Waals surface area contributed by atoms with Crippen LogP contribution in [-0.4, -0.2) is 31.8 Å². The molecule has 0 aliphatic heterocycles. The van der Waals surface area contributed by atoms with Crippen molar-refractivity contribution in [1.82, 2.24) is 9.55 Å². The van der Waals surface area contributed by atoms with Crippen molar-refractivity contribution in [2.75, 3.05) is 0 Å². The number of H-pyrrole nitrogens is 1. The molecule has 3 N–H and O–H groups in total. The number of hydrogen-bond acceptors (Lipinski definition) is 6. The van der Waals surface area contributed by atoms with Gasteiger partial charge in [-0.3, -0.25) is 9.55 Å². The standard InChI is InChI=1S/C26H34N2O5S/c1-4-5-6-10-22(29)18-11-13-19(14-12-18)28-21(24(30)27-26(28)32)9-7-8-20-15-16-23(34-20)25(31)33-17(2)3/h11-17,22,29-30H,4-10H2,1-3H3,(H,27,32)/t22-/m0/s1. The maximum absolute atomic E-state index is 12.5. The molecule has 0 fully saturated rings. The van der Waals surface area contributed by atoms with Crippen LogP contribution in [0.1, 0.15) is 84.8 Å². The lowest BCUT2D eigenvalue weighted by Crippen LogP contribution is -2.17. The topological polar surface area (TPSA) is 105 Å². The fourth-order valence-electron chi connectivity index (χ4n) is 3.89. The number of aromatic hydroxyl groups is 1. The van der Waals surface area contributed by atoms with Crippen LogP contribution in [0.4, 0.5) is 0 Å². The number of aromatic nitrogens is 2. The lowest BCUT2D eigenvalue weighted by molar-refractivity contribution is 0.0384. The Morgan fingerprint density at radius 2 is 1.82 bits per heavy atom. The molecule has 0 radical (unpaired) electrons. The van der Waals surface area contributed by atoms with E-state index in [1.807, 2.05) is 32.0 Å². The maximum Gasteiger partial charge on any atom is 0.348 e. The second-order valence-corrected chi connectivity index (χ2v) is 9.91. The molecule has 0 aliphatic rings. The number of aromatic amines is 1. The van der Waals surface area contributed by atoms with E-state index in [0.717, 1.165) is 29.7 Å². The minimum Gasteiger partial charge on any atom is -0.493 e. The second-order valence-electron chi connectivity index (χ2n) is 8.74. The number of ether oxygens (including phenoxy) is 1. The highest BCUT2D eigenvalue weighted by Crippen LogP contribution is 2.25. The van der Waals surface area contributed by atoms with Crippen molar-refractivity contribution in [2.24, 2.45) is 0 Å². The van der Waals surface area contributed by atoms with Crippen LogP contribution in [0.3, 0.4) is 0 Å². The number of rotatable bonds is 12. The summed E-state index contributed by atoms with van der Waals surface area (Å²) in [6.07, 6.45) is 5.07. The summed E-state index contributed by atoms with van der Waals surface area (Å²) >= 11 is 1.40. The molecular weight excluding hydrogens is 452 g/mol. The Kier molecular flexibility index (Phi) is 9.12. The third-order valence-electron chi connectivity index (χ3n) is 5.63. The van der Waals surface area contributed by atoms with Gasteiger partial charge in [0.1, 0.15) is 4.88 Å². The van der Waals surface area contributed by atoms with Crippen molar-refractivity contribution < 1.29 is 19.7 Å². The number of nitrogens with zero attached hydrogens (tertiary/aromatic N) is 1. The summed E-state index contributed by atoms with van der Waals surface area (Å²) < 4.78 is 6.71. The minimum atomic E-state index is -0.523. The number of unbranched alkanes of at least 4 members (excludes halogenated alkanes) is 2. The molecule has 7 nitrogen and oxygen atoms in total. The Morgan fingerprint density at radius 3 is 2.50 bits per heavy atom. The summed E-state index contributed by atoms with van der Waals surface area (Å²) in [6, 6.07) is 10.9. The quantitative estimate of drug-likeness (QED) is 0.238. The zero-order valence-electron chi connectivity index (χ0n) is 20.0. The molecule has 0 saturated carbocycles. The largest absolute Gasteiger partial charge is 0.493 e. The molecule has 0 saturated heterocycles. The van der Waals surface area contributed by atoms with Crippen molar-refractivity contribution >= 4 is 17.3 Å². The lowest BCUT2D eigenvalue weighted by atomic mass is 10.0. The molecule has 8 heteroatoms. The fraction of sp³-hybridized carbons (Fsp3) is 0.462. The van der Waals surface area contributed by atoms with Gasteiger partial charge in [0.2, 0.25) is 5.88 Å². The van der Waals surface area contributed by atoms with Crippen molar-refractivity contribution in [3.8, 4) is 11.6 Å². The number of nitrogens with one attached hydrogen (secondary N) is 1. The van der Waals surface area contributed by atoms with Gasteiger partial charge in [-0.05, 0) is 69.4 Å². The summed E-state index contributed by atoms with van der Waals surface area (Å²) in [6.45, 7) is 5.77. The number of aliphatic hydroxyl groups excluding tert-OH is 1. The highest BCUT2D eigenvalue weighted by Gasteiger charge is 2.17. The molecule has 0 bridgehead atoms. The van der Waals surface area contributed by atoms with Crippen LogP contribution >= 0.6 is 11.3 Å².